The number of morpholine rings is 1. The normalized spacial score (nSPS) is 17.1. The van der Waals surface area contributed by atoms with E-state index in [9.17, 15) is 23.2 Å². The Hall–Kier alpha value is -2.60. The minimum atomic E-state index is -2.85. The molecule has 0 bridgehead atoms. The molecule has 2 fully saturated rings. The zero-order valence-electron chi connectivity index (χ0n) is 20.3. The van der Waals surface area contributed by atoms with Crippen LogP contribution in [0.2, 0.25) is 4.34 Å². The Kier molecular flexibility index (Phi) is 9.12. The number of benzene rings is 1. The first-order valence-electron chi connectivity index (χ1n) is 12.1. The molecule has 0 radical (unpaired) electrons. The van der Waals surface area contributed by atoms with E-state index < -0.39 is 24.3 Å². The maximum Gasteiger partial charge on any atom is 0.265 e. The summed E-state index contributed by atoms with van der Waals surface area (Å²) in [6.45, 7) is 0.975. The third kappa shape index (κ3) is 6.84. The molecule has 12 heteroatoms. The van der Waals surface area contributed by atoms with Gasteiger partial charge >= 0.3 is 0 Å². The fourth-order valence-corrected chi connectivity index (χ4v) is 5.38. The smallest absolute Gasteiger partial charge is 0.265 e. The van der Waals surface area contributed by atoms with Gasteiger partial charge in [0, 0.05) is 30.9 Å². The van der Waals surface area contributed by atoms with Crippen LogP contribution in [-0.2, 0) is 14.3 Å². The Morgan fingerprint density at radius 1 is 1.27 bits per heavy atom. The Morgan fingerprint density at radius 2 is 2.05 bits per heavy atom. The minimum absolute atomic E-state index is 0.0332. The molecule has 2 aliphatic rings. The van der Waals surface area contributed by atoms with E-state index in [1.54, 1.807) is 12.1 Å². The molecule has 1 saturated carbocycles. The summed E-state index contributed by atoms with van der Waals surface area (Å²) in [6, 6.07) is 6.61. The summed E-state index contributed by atoms with van der Waals surface area (Å²) < 4.78 is 33.4. The van der Waals surface area contributed by atoms with E-state index in [0.29, 0.717) is 21.7 Å². The van der Waals surface area contributed by atoms with Crippen LogP contribution in [0, 0.1) is 5.92 Å². The molecule has 1 aromatic heterocycles. The summed E-state index contributed by atoms with van der Waals surface area (Å²) >= 11 is 7.07. The fraction of sp³-hybridized carbons (Fsp3) is 0.480. The molecule has 1 aromatic carbocycles. The van der Waals surface area contributed by atoms with Gasteiger partial charge in [0.05, 0.1) is 21.5 Å². The number of likely N-dealkylation sites (N-methyl/N-ethyl adjacent to an activating group) is 1. The van der Waals surface area contributed by atoms with E-state index in [2.05, 4.69) is 10.6 Å². The van der Waals surface area contributed by atoms with Gasteiger partial charge in [0.1, 0.15) is 12.6 Å². The molecule has 0 spiro atoms. The summed E-state index contributed by atoms with van der Waals surface area (Å²) in [5.41, 5.74) is -0.0692. The summed E-state index contributed by atoms with van der Waals surface area (Å²) in [4.78, 5) is 41.7. The lowest BCUT2D eigenvalue weighted by Crippen LogP contribution is -2.51. The first-order chi connectivity index (χ1) is 17.7. The molecule has 1 aliphatic carbocycles. The number of nitrogens with one attached hydrogen (secondary N) is 2. The fourth-order valence-electron chi connectivity index (χ4n) is 4.42. The van der Waals surface area contributed by atoms with Gasteiger partial charge in [-0.3, -0.25) is 19.3 Å². The number of hydrogen-bond donors (Lipinski definition) is 2. The Morgan fingerprint density at radius 3 is 2.68 bits per heavy atom. The van der Waals surface area contributed by atoms with Gasteiger partial charge in [0.15, 0.2) is 0 Å². The summed E-state index contributed by atoms with van der Waals surface area (Å²) in [5, 5.41) is 5.51. The van der Waals surface area contributed by atoms with Crippen molar-refractivity contribution in [3.8, 4) is 0 Å². The van der Waals surface area contributed by atoms with Crippen molar-refractivity contribution in [2.75, 3.05) is 50.1 Å². The van der Waals surface area contributed by atoms with Gasteiger partial charge in [0.2, 0.25) is 5.91 Å². The lowest BCUT2D eigenvalue weighted by atomic mass is 9.85. The van der Waals surface area contributed by atoms with Crippen LogP contribution in [-0.4, -0.2) is 68.6 Å². The molecule has 1 aliphatic heterocycles. The number of nitrogens with zero attached hydrogens (tertiary/aromatic N) is 2. The van der Waals surface area contributed by atoms with Crippen LogP contribution >= 0.6 is 22.9 Å². The van der Waals surface area contributed by atoms with Crippen molar-refractivity contribution in [2.24, 2.45) is 5.92 Å². The van der Waals surface area contributed by atoms with Crippen molar-refractivity contribution < 1.29 is 27.9 Å². The summed E-state index contributed by atoms with van der Waals surface area (Å²) in [6.07, 6.45) is 0.465. The number of amides is 3. The molecule has 200 valence electrons. The lowest BCUT2D eigenvalue weighted by Gasteiger charge is -2.34. The van der Waals surface area contributed by atoms with Gasteiger partial charge < -0.3 is 20.3 Å². The Balaban J connectivity index is 1.49. The molecule has 1 atom stereocenters. The van der Waals surface area contributed by atoms with Crippen LogP contribution in [0.15, 0.2) is 30.3 Å². The Labute approximate surface area is 222 Å². The molecule has 2 aromatic rings. The van der Waals surface area contributed by atoms with E-state index in [1.807, 2.05) is 11.9 Å². The van der Waals surface area contributed by atoms with Gasteiger partial charge in [-0.25, -0.2) is 8.78 Å². The predicted octanol–water partition coefficient (Wildman–Crippen LogP) is 4.17. The van der Waals surface area contributed by atoms with Gasteiger partial charge in [0.25, 0.3) is 18.2 Å². The average Bonchev–Trinajstić information content (AvgIpc) is 3.28. The van der Waals surface area contributed by atoms with Crippen LogP contribution in [0.4, 0.5) is 20.2 Å². The second-order valence-corrected chi connectivity index (χ2v) is 10.9. The van der Waals surface area contributed by atoms with E-state index in [-0.39, 0.29) is 49.1 Å². The Bertz CT molecular complexity index is 1140. The zero-order valence-corrected chi connectivity index (χ0v) is 21.9. The number of rotatable bonds is 10. The molecule has 2 heterocycles. The average molecular weight is 555 g/mol. The SMILES string of the molecule is CN(CC1CCC1)[C@@H](CNC(=O)c1ccc(Cl)s1)C(=O)Nc1ccc(N2CCOCC2=O)c(C(F)F)c1. The monoisotopic (exact) mass is 554 g/mol. The van der Waals surface area contributed by atoms with Crippen molar-refractivity contribution in [2.45, 2.75) is 31.7 Å². The molecule has 37 heavy (non-hydrogen) atoms. The van der Waals surface area contributed by atoms with E-state index in [4.69, 9.17) is 16.3 Å². The zero-order chi connectivity index (χ0) is 26.5. The highest BCUT2D eigenvalue weighted by molar-refractivity contribution is 7.18. The van der Waals surface area contributed by atoms with Gasteiger partial charge in [-0.05, 0) is 56.1 Å². The van der Waals surface area contributed by atoms with E-state index in [1.165, 1.54) is 23.1 Å². The van der Waals surface area contributed by atoms with Crippen LogP contribution in [0.3, 0.4) is 0 Å². The molecule has 2 N–H and O–H groups in total. The quantitative estimate of drug-likeness (QED) is 0.460. The highest BCUT2D eigenvalue weighted by Gasteiger charge is 2.30. The first kappa shape index (κ1) is 27.4. The molecular weight excluding hydrogens is 526 g/mol. The van der Waals surface area contributed by atoms with Crippen molar-refractivity contribution in [1.82, 2.24) is 10.2 Å². The predicted molar refractivity (Wildman–Crippen MR) is 139 cm³/mol. The van der Waals surface area contributed by atoms with Gasteiger partial charge in [-0.15, -0.1) is 11.3 Å². The third-order valence-corrected chi connectivity index (χ3v) is 7.90. The standard InChI is InChI=1S/C25H29ClF2N4O4S/c1-31(13-15-3-2-4-15)19(12-29-25(35)20-7-8-21(26)37-20)24(34)30-16-5-6-18(17(11-16)23(27)28)32-9-10-36-14-22(32)33/h5-8,11,15,19,23H,2-4,9-10,12-14H2,1H3,(H,29,35)(H,30,34)/t19-/m0/s1. The number of halogens is 3. The molecule has 8 nitrogen and oxygen atoms in total. The number of hydrogen-bond acceptors (Lipinski definition) is 6. The third-order valence-electron chi connectivity index (χ3n) is 6.67. The van der Waals surface area contributed by atoms with Crippen LogP contribution in [0.1, 0.15) is 40.9 Å². The minimum Gasteiger partial charge on any atom is -0.370 e. The van der Waals surface area contributed by atoms with E-state index >= 15 is 0 Å². The lowest BCUT2D eigenvalue weighted by molar-refractivity contribution is -0.125. The summed E-state index contributed by atoms with van der Waals surface area (Å²) in [7, 11) is 1.81. The molecular formula is C25H29ClF2N4O4S. The number of thiophene rings is 1. The van der Waals surface area contributed by atoms with Gasteiger partial charge in [-0.1, -0.05) is 18.0 Å². The molecule has 0 unspecified atom stereocenters. The number of ether oxygens (including phenoxy) is 1. The van der Waals surface area contributed by atoms with Crippen molar-refractivity contribution in [1.29, 1.82) is 0 Å². The highest BCUT2D eigenvalue weighted by Crippen LogP contribution is 2.33. The van der Waals surface area contributed by atoms with Crippen molar-refractivity contribution >= 4 is 52.0 Å². The number of carbonyl (C=O) groups excluding carboxylic acids is 3. The second kappa shape index (κ2) is 12.3. The number of anilines is 2. The van der Waals surface area contributed by atoms with Gasteiger partial charge in [-0.2, -0.15) is 0 Å². The topological polar surface area (TPSA) is 91.0 Å². The maximum atomic E-state index is 13.9. The number of carbonyl (C=O) groups is 3. The second-order valence-electron chi connectivity index (χ2n) is 9.23. The van der Waals surface area contributed by atoms with Crippen LogP contribution < -0.4 is 15.5 Å². The summed E-state index contributed by atoms with van der Waals surface area (Å²) in [5.74, 6) is -0.693. The van der Waals surface area contributed by atoms with Crippen molar-refractivity contribution in [3.05, 3.63) is 45.1 Å². The van der Waals surface area contributed by atoms with E-state index in [0.717, 1.165) is 30.6 Å². The largest absolute Gasteiger partial charge is 0.370 e. The van der Waals surface area contributed by atoms with Crippen LogP contribution in [0.5, 0.6) is 0 Å². The first-order valence-corrected chi connectivity index (χ1v) is 13.3. The van der Waals surface area contributed by atoms with Crippen molar-refractivity contribution in [3.63, 3.8) is 0 Å². The number of alkyl halides is 2. The van der Waals surface area contributed by atoms with Crippen LogP contribution in [0.25, 0.3) is 0 Å². The maximum absolute atomic E-state index is 13.9. The molecule has 4 rings (SSSR count). The highest BCUT2D eigenvalue weighted by atomic mass is 35.5. The molecule has 1 saturated heterocycles. The molecule has 3 amide bonds.